The van der Waals surface area contributed by atoms with E-state index in [1.807, 2.05) is 0 Å². The summed E-state index contributed by atoms with van der Waals surface area (Å²) in [4.78, 5) is 14.3. The van der Waals surface area contributed by atoms with Crippen LogP contribution < -0.4 is 5.73 Å². The topological polar surface area (TPSA) is 64.8 Å². The molecule has 2 atom stereocenters. The van der Waals surface area contributed by atoms with Crippen molar-refractivity contribution in [2.45, 2.75) is 25.0 Å². The highest BCUT2D eigenvalue weighted by atomic mass is 19.2. The first-order chi connectivity index (χ1) is 11.6. The van der Waals surface area contributed by atoms with Crippen LogP contribution in [0.2, 0.25) is 0 Å². The van der Waals surface area contributed by atoms with Gasteiger partial charge in [-0.2, -0.15) is 0 Å². The summed E-state index contributed by atoms with van der Waals surface area (Å²) in [6.45, 7) is 2.35. The number of hydrogen-bond donors (Lipinski definition) is 1. The number of benzene rings is 1. The predicted molar refractivity (Wildman–Crippen MR) is 83.1 cm³/mol. The van der Waals surface area contributed by atoms with Gasteiger partial charge < -0.3 is 20.1 Å². The second kappa shape index (κ2) is 7.55. The largest absolute Gasteiger partial charge is 0.381 e. The number of morpholine rings is 1. The van der Waals surface area contributed by atoms with Crippen molar-refractivity contribution >= 4 is 5.91 Å². The summed E-state index contributed by atoms with van der Waals surface area (Å²) in [7, 11) is 0. The zero-order chi connectivity index (χ0) is 17.1. The van der Waals surface area contributed by atoms with Crippen LogP contribution in [-0.2, 0) is 14.3 Å². The van der Waals surface area contributed by atoms with Crippen LogP contribution in [0.25, 0.3) is 0 Å². The fraction of sp³-hybridized carbons (Fsp3) is 0.588. The van der Waals surface area contributed by atoms with Crippen LogP contribution in [0.4, 0.5) is 8.78 Å². The molecule has 2 aliphatic rings. The van der Waals surface area contributed by atoms with Gasteiger partial charge in [-0.25, -0.2) is 8.78 Å². The van der Waals surface area contributed by atoms with E-state index in [1.54, 1.807) is 4.90 Å². The minimum Gasteiger partial charge on any atom is -0.381 e. The standard InChI is InChI=1S/C17H22F2N2O3/c18-13-2-1-12(9-14(13)19)15-10-21(5-8-24-15)17(22)16(20)11-3-6-23-7-4-11/h1-2,9,11,15-16H,3-8,10,20H2. The summed E-state index contributed by atoms with van der Waals surface area (Å²) in [6.07, 6.45) is 1.09. The third-order valence-corrected chi connectivity index (χ3v) is 4.75. The molecule has 1 aromatic carbocycles. The fourth-order valence-corrected chi connectivity index (χ4v) is 3.25. The molecule has 1 amide bonds. The zero-order valence-electron chi connectivity index (χ0n) is 13.4. The van der Waals surface area contributed by atoms with Gasteiger partial charge in [0.15, 0.2) is 11.6 Å². The average molecular weight is 340 g/mol. The average Bonchev–Trinajstić information content (AvgIpc) is 2.63. The number of ether oxygens (including phenoxy) is 2. The van der Waals surface area contributed by atoms with Crippen LogP contribution in [0.3, 0.4) is 0 Å². The number of rotatable bonds is 3. The normalized spacial score (nSPS) is 24.0. The van der Waals surface area contributed by atoms with Crippen molar-refractivity contribution in [3.8, 4) is 0 Å². The molecule has 2 aliphatic heterocycles. The molecule has 2 heterocycles. The van der Waals surface area contributed by atoms with E-state index < -0.39 is 23.8 Å². The molecule has 0 aliphatic carbocycles. The van der Waals surface area contributed by atoms with Gasteiger partial charge in [0.05, 0.1) is 19.2 Å². The molecule has 24 heavy (non-hydrogen) atoms. The Kier molecular flexibility index (Phi) is 5.43. The van der Waals surface area contributed by atoms with Gasteiger partial charge in [0, 0.05) is 19.8 Å². The number of hydrogen-bond acceptors (Lipinski definition) is 4. The molecule has 1 aromatic rings. The van der Waals surface area contributed by atoms with E-state index in [-0.39, 0.29) is 11.8 Å². The first kappa shape index (κ1) is 17.3. The van der Waals surface area contributed by atoms with Gasteiger partial charge in [0.25, 0.3) is 0 Å². The van der Waals surface area contributed by atoms with E-state index in [9.17, 15) is 13.6 Å². The Morgan fingerprint density at radius 2 is 1.96 bits per heavy atom. The lowest BCUT2D eigenvalue weighted by Crippen LogP contribution is -2.52. The van der Waals surface area contributed by atoms with Crippen molar-refractivity contribution < 1.29 is 23.0 Å². The number of halogens is 2. The number of carbonyl (C=O) groups is 1. The molecule has 0 radical (unpaired) electrons. The molecule has 0 aromatic heterocycles. The number of nitrogens with zero attached hydrogens (tertiary/aromatic N) is 1. The van der Waals surface area contributed by atoms with Crippen molar-refractivity contribution in [1.29, 1.82) is 0 Å². The van der Waals surface area contributed by atoms with E-state index in [4.69, 9.17) is 15.2 Å². The van der Waals surface area contributed by atoms with E-state index in [1.165, 1.54) is 6.07 Å². The Bertz CT molecular complexity index is 593. The lowest BCUT2D eigenvalue weighted by atomic mass is 9.91. The number of nitrogens with two attached hydrogens (primary N) is 1. The minimum absolute atomic E-state index is 0.113. The first-order valence-electron chi connectivity index (χ1n) is 8.25. The van der Waals surface area contributed by atoms with Crippen LogP contribution in [0.1, 0.15) is 24.5 Å². The quantitative estimate of drug-likeness (QED) is 0.908. The molecule has 0 bridgehead atoms. The van der Waals surface area contributed by atoms with Crippen molar-refractivity contribution in [3.63, 3.8) is 0 Å². The Hall–Kier alpha value is -1.57. The highest BCUT2D eigenvalue weighted by molar-refractivity contribution is 5.82. The van der Waals surface area contributed by atoms with Gasteiger partial charge in [0.1, 0.15) is 6.10 Å². The maximum Gasteiger partial charge on any atom is 0.239 e. The molecule has 2 N–H and O–H groups in total. The molecule has 2 unspecified atom stereocenters. The molecular weight excluding hydrogens is 318 g/mol. The summed E-state index contributed by atoms with van der Waals surface area (Å²) in [5.74, 6) is -1.81. The summed E-state index contributed by atoms with van der Waals surface area (Å²) in [5, 5.41) is 0. The van der Waals surface area contributed by atoms with Crippen LogP contribution in [0, 0.1) is 17.6 Å². The minimum atomic E-state index is -0.918. The maximum atomic E-state index is 13.4. The lowest BCUT2D eigenvalue weighted by Gasteiger charge is -2.36. The van der Waals surface area contributed by atoms with Gasteiger partial charge in [-0.05, 0) is 36.5 Å². The van der Waals surface area contributed by atoms with E-state index in [2.05, 4.69) is 0 Å². The van der Waals surface area contributed by atoms with Crippen LogP contribution >= 0.6 is 0 Å². The first-order valence-corrected chi connectivity index (χ1v) is 8.25. The summed E-state index contributed by atoms with van der Waals surface area (Å²) in [6, 6.07) is 3.11. The second-order valence-electron chi connectivity index (χ2n) is 6.29. The Morgan fingerprint density at radius 3 is 2.67 bits per heavy atom. The number of amides is 1. The third-order valence-electron chi connectivity index (χ3n) is 4.75. The third kappa shape index (κ3) is 3.74. The van der Waals surface area contributed by atoms with E-state index in [0.29, 0.717) is 38.5 Å². The monoisotopic (exact) mass is 340 g/mol. The van der Waals surface area contributed by atoms with Crippen LogP contribution in [0.15, 0.2) is 18.2 Å². The smallest absolute Gasteiger partial charge is 0.239 e. The van der Waals surface area contributed by atoms with Gasteiger partial charge in [0.2, 0.25) is 5.91 Å². The van der Waals surface area contributed by atoms with Crippen molar-refractivity contribution in [2.24, 2.45) is 11.7 Å². The van der Waals surface area contributed by atoms with E-state index >= 15 is 0 Å². The fourth-order valence-electron chi connectivity index (χ4n) is 3.25. The summed E-state index contributed by atoms with van der Waals surface area (Å²) in [5.41, 5.74) is 6.67. The number of carbonyl (C=O) groups excluding carboxylic acids is 1. The SMILES string of the molecule is NC(C(=O)N1CCOC(c2ccc(F)c(F)c2)C1)C1CCOCC1. The lowest BCUT2D eigenvalue weighted by molar-refractivity contribution is -0.142. The zero-order valence-corrected chi connectivity index (χ0v) is 13.4. The Morgan fingerprint density at radius 1 is 1.21 bits per heavy atom. The molecule has 0 saturated carbocycles. The summed E-state index contributed by atoms with van der Waals surface area (Å²) >= 11 is 0. The Balaban J connectivity index is 1.65. The van der Waals surface area contributed by atoms with Crippen molar-refractivity contribution in [1.82, 2.24) is 4.90 Å². The second-order valence-corrected chi connectivity index (χ2v) is 6.29. The molecule has 2 saturated heterocycles. The highest BCUT2D eigenvalue weighted by Gasteiger charge is 2.33. The maximum absolute atomic E-state index is 13.4. The van der Waals surface area contributed by atoms with Crippen molar-refractivity contribution in [3.05, 3.63) is 35.4 Å². The molecule has 7 heteroatoms. The molecule has 2 fully saturated rings. The van der Waals surface area contributed by atoms with E-state index in [0.717, 1.165) is 25.0 Å². The van der Waals surface area contributed by atoms with Gasteiger partial charge in [-0.15, -0.1) is 0 Å². The van der Waals surface area contributed by atoms with Gasteiger partial charge in [-0.3, -0.25) is 4.79 Å². The van der Waals surface area contributed by atoms with Crippen LogP contribution in [-0.4, -0.2) is 49.8 Å². The molecule has 3 rings (SSSR count). The van der Waals surface area contributed by atoms with Crippen molar-refractivity contribution in [2.75, 3.05) is 32.9 Å². The molecular formula is C17H22F2N2O3. The van der Waals surface area contributed by atoms with Gasteiger partial charge >= 0.3 is 0 Å². The summed E-state index contributed by atoms with van der Waals surface area (Å²) < 4.78 is 37.4. The molecule has 132 valence electrons. The molecule has 5 nitrogen and oxygen atoms in total. The van der Waals surface area contributed by atoms with Crippen LogP contribution in [0.5, 0.6) is 0 Å². The predicted octanol–water partition coefficient (Wildman–Crippen LogP) is 1.62. The molecule has 0 spiro atoms. The highest BCUT2D eigenvalue weighted by Crippen LogP contribution is 2.25. The Labute approximate surface area is 139 Å². The van der Waals surface area contributed by atoms with Gasteiger partial charge in [-0.1, -0.05) is 6.07 Å².